The van der Waals surface area contributed by atoms with Gasteiger partial charge >= 0.3 is 5.97 Å². The monoisotopic (exact) mass is 196 g/mol. The maximum atomic E-state index is 10.2. The van der Waals surface area contributed by atoms with Gasteiger partial charge < -0.3 is 5.11 Å². The van der Waals surface area contributed by atoms with Crippen LogP contribution in [0.25, 0.3) is 0 Å². The first-order chi connectivity index (χ1) is 6.77. The summed E-state index contributed by atoms with van der Waals surface area (Å²) in [5.74, 6) is -0.688. The molecule has 0 fully saturated rings. The van der Waals surface area contributed by atoms with E-state index in [-0.39, 0.29) is 0 Å². The fraction of sp³-hybridized carbons (Fsp3) is 0.583. The van der Waals surface area contributed by atoms with E-state index in [0.29, 0.717) is 6.42 Å². The second-order valence-electron chi connectivity index (χ2n) is 3.26. The van der Waals surface area contributed by atoms with Crippen molar-refractivity contribution >= 4 is 5.97 Å². The third-order valence-electron chi connectivity index (χ3n) is 1.88. The molecule has 2 nitrogen and oxygen atoms in total. The van der Waals surface area contributed by atoms with E-state index in [1.165, 1.54) is 0 Å². The summed E-state index contributed by atoms with van der Waals surface area (Å²) in [4.78, 5) is 10.2. The van der Waals surface area contributed by atoms with Crippen molar-refractivity contribution in [3.05, 3.63) is 24.3 Å². The van der Waals surface area contributed by atoms with Gasteiger partial charge in [0.2, 0.25) is 0 Å². The Balaban J connectivity index is 3.17. The molecule has 0 aromatic carbocycles. The van der Waals surface area contributed by atoms with Crippen LogP contribution in [0.2, 0.25) is 0 Å². The van der Waals surface area contributed by atoms with Gasteiger partial charge in [0.05, 0.1) is 0 Å². The largest absolute Gasteiger partial charge is 0.481 e. The van der Waals surface area contributed by atoms with Crippen LogP contribution in [-0.2, 0) is 4.79 Å². The highest BCUT2D eigenvalue weighted by molar-refractivity contribution is 5.66. The Bertz CT molecular complexity index is 192. The third-order valence-corrected chi connectivity index (χ3v) is 1.88. The molecule has 0 aliphatic carbocycles. The number of hydrogen-bond donors (Lipinski definition) is 1. The average Bonchev–Trinajstić information content (AvgIpc) is 2.15. The van der Waals surface area contributed by atoms with Crippen LogP contribution in [0, 0.1) is 0 Å². The van der Waals surface area contributed by atoms with Gasteiger partial charge in [0.25, 0.3) is 0 Å². The van der Waals surface area contributed by atoms with E-state index in [4.69, 9.17) is 5.11 Å². The molecule has 80 valence electrons. The molecule has 1 N–H and O–H groups in total. The van der Waals surface area contributed by atoms with Crippen molar-refractivity contribution in [3.8, 4) is 0 Å². The zero-order valence-corrected chi connectivity index (χ0v) is 8.91. The molecule has 2 heteroatoms. The van der Waals surface area contributed by atoms with Crippen molar-refractivity contribution in [3.63, 3.8) is 0 Å². The molecule has 0 saturated carbocycles. The Labute approximate surface area is 86.3 Å². The first kappa shape index (κ1) is 12.9. The molecule has 0 unspecified atom stereocenters. The highest BCUT2D eigenvalue weighted by Gasteiger charge is 1.94. The van der Waals surface area contributed by atoms with Gasteiger partial charge in [0.15, 0.2) is 0 Å². The number of carboxylic acid groups (broad SMARTS) is 1. The number of carbonyl (C=O) groups is 1. The quantitative estimate of drug-likeness (QED) is 0.476. The summed E-state index contributed by atoms with van der Waals surface area (Å²) < 4.78 is 0. The first-order valence-corrected chi connectivity index (χ1v) is 5.30. The average molecular weight is 196 g/mol. The van der Waals surface area contributed by atoms with Crippen molar-refractivity contribution in [2.45, 2.75) is 45.4 Å². The number of hydrogen-bond acceptors (Lipinski definition) is 1. The molecular weight excluding hydrogens is 176 g/mol. The fourth-order valence-corrected chi connectivity index (χ4v) is 1.10. The molecule has 0 amide bonds. The van der Waals surface area contributed by atoms with Gasteiger partial charge in [-0.15, -0.1) is 0 Å². The third kappa shape index (κ3) is 11.0. The van der Waals surface area contributed by atoms with Crippen LogP contribution in [0.5, 0.6) is 0 Å². The molecule has 14 heavy (non-hydrogen) atoms. The Morgan fingerprint density at radius 3 is 2.50 bits per heavy atom. The minimum Gasteiger partial charge on any atom is -0.481 e. The Morgan fingerprint density at radius 1 is 1.14 bits per heavy atom. The Hall–Kier alpha value is -1.05. The summed E-state index contributed by atoms with van der Waals surface area (Å²) in [6, 6.07) is 0. The van der Waals surface area contributed by atoms with Gasteiger partial charge in [-0.1, -0.05) is 37.6 Å². The Morgan fingerprint density at radius 2 is 1.86 bits per heavy atom. The standard InChI is InChI=1S/C12H20O2/c1-2-3-4-5-6-7-8-9-10-11-12(13)14/h3-6H,2,7-11H2,1H3,(H,13,14)/b4-3-,6-5+. The molecule has 0 bridgehead atoms. The first-order valence-electron chi connectivity index (χ1n) is 5.30. The zero-order chi connectivity index (χ0) is 10.6. The van der Waals surface area contributed by atoms with Crippen LogP contribution in [0.3, 0.4) is 0 Å². The normalized spacial score (nSPS) is 11.5. The highest BCUT2D eigenvalue weighted by Crippen LogP contribution is 2.03. The molecule has 0 aromatic heterocycles. The van der Waals surface area contributed by atoms with Crippen LogP contribution in [0.15, 0.2) is 24.3 Å². The van der Waals surface area contributed by atoms with Crippen molar-refractivity contribution in [1.29, 1.82) is 0 Å². The summed E-state index contributed by atoms with van der Waals surface area (Å²) in [7, 11) is 0. The van der Waals surface area contributed by atoms with Gasteiger partial charge in [0.1, 0.15) is 0 Å². The zero-order valence-electron chi connectivity index (χ0n) is 8.91. The molecule has 0 saturated heterocycles. The van der Waals surface area contributed by atoms with Crippen molar-refractivity contribution in [1.82, 2.24) is 0 Å². The lowest BCUT2D eigenvalue weighted by Crippen LogP contribution is -1.93. The molecule has 0 aliphatic heterocycles. The van der Waals surface area contributed by atoms with E-state index in [1.807, 2.05) is 0 Å². The Kier molecular flexibility index (Phi) is 9.28. The topological polar surface area (TPSA) is 37.3 Å². The van der Waals surface area contributed by atoms with Crippen LogP contribution in [0.4, 0.5) is 0 Å². The summed E-state index contributed by atoms with van der Waals surface area (Å²) in [5, 5.41) is 8.39. The summed E-state index contributed by atoms with van der Waals surface area (Å²) in [6.45, 7) is 2.11. The lowest BCUT2D eigenvalue weighted by atomic mass is 10.1. The maximum Gasteiger partial charge on any atom is 0.303 e. The molecular formula is C12H20O2. The number of allylic oxidation sites excluding steroid dienone is 4. The van der Waals surface area contributed by atoms with E-state index in [9.17, 15) is 4.79 Å². The van der Waals surface area contributed by atoms with E-state index in [1.54, 1.807) is 0 Å². The molecule has 0 aromatic rings. The van der Waals surface area contributed by atoms with E-state index < -0.39 is 5.97 Å². The number of carboxylic acids is 1. The highest BCUT2D eigenvalue weighted by atomic mass is 16.4. The number of unbranched alkanes of at least 4 members (excludes halogenated alkanes) is 3. The maximum absolute atomic E-state index is 10.2. The van der Waals surface area contributed by atoms with Crippen LogP contribution >= 0.6 is 0 Å². The van der Waals surface area contributed by atoms with E-state index >= 15 is 0 Å². The molecule has 0 radical (unpaired) electrons. The van der Waals surface area contributed by atoms with Gasteiger partial charge in [0, 0.05) is 6.42 Å². The summed E-state index contributed by atoms with van der Waals surface area (Å²) >= 11 is 0. The van der Waals surface area contributed by atoms with Crippen LogP contribution in [-0.4, -0.2) is 11.1 Å². The van der Waals surface area contributed by atoms with Crippen molar-refractivity contribution in [2.75, 3.05) is 0 Å². The van der Waals surface area contributed by atoms with E-state index in [0.717, 1.165) is 32.1 Å². The molecule has 0 spiro atoms. The lowest BCUT2D eigenvalue weighted by molar-refractivity contribution is -0.137. The van der Waals surface area contributed by atoms with Gasteiger partial charge in [-0.2, -0.15) is 0 Å². The summed E-state index contributed by atoms with van der Waals surface area (Å²) in [6.07, 6.45) is 13.7. The lowest BCUT2D eigenvalue weighted by Gasteiger charge is -1.94. The van der Waals surface area contributed by atoms with Crippen LogP contribution < -0.4 is 0 Å². The van der Waals surface area contributed by atoms with Crippen LogP contribution in [0.1, 0.15) is 45.4 Å². The molecule has 0 rings (SSSR count). The predicted molar refractivity (Wildman–Crippen MR) is 59.3 cm³/mol. The molecule has 0 atom stereocenters. The minimum absolute atomic E-state index is 0.305. The van der Waals surface area contributed by atoms with Crippen molar-refractivity contribution < 1.29 is 9.90 Å². The van der Waals surface area contributed by atoms with Crippen molar-refractivity contribution in [2.24, 2.45) is 0 Å². The smallest absolute Gasteiger partial charge is 0.303 e. The molecule has 0 heterocycles. The summed E-state index contributed by atoms with van der Waals surface area (Å²) in [5.41, 5.74) is 0. The second-order valence-corrected chi connectivity index (χ2v) is 3.26. The second kappa shape index (κ2) is 10.0. The van der Waals surface area contributed by atoms with E-state index in [2.05, 4.69) is 31.2 Å². The minimum atomic E-state index is -0.688. The molecule has 0 aliphatic rings. The van der Waals surface area contributed by atoms with Gasteiger partial charge in [-0.05, 0) is 25.7 Å². The van der Waals surface area contributed by atoms with Gasteiger partial charge in [-0.3, -0.25) is 4.79 Å². The van der Waals surface area contributed by atoms with Gasteiger partial charge in [-0.25, -0.2) is 0 Å². The predicted octanol–water partition coefficient (Wildman–Crippen LogP) is 3.54. The number of aliphatic carboxylic acids is 1. The fourth-order valence-electron chi connectivity index (χ4n) is 1.10. The SMILES string of the molecule is CC/C=C\C=C\CCCCCC(=O)O. The number of rotatable bonds is 8.